The van der Waals surface area contributed by atoms with Gasteiger partial charge in [-0.05, 0) is 65.4 Å². The summed E-state index contributed by atoms with van der Waals surface area (Å²) in [6.07, 6.45) is 1.81. The maximum atomic E-state index is 12.2. The Balaban J connectivity index is 1.37. The molecular formula is C24H18N2O4S. The molecule has 3 aromatic carbocycles. The number of hydrogen-bond acceptors (Lipinski definition) is 5. The van der Waals surface area contributed by atoms with E-state index >= 15 is 0 Å². The third-order valence-electron chi connectivity index (χ3n) is 4.42. The van der Waals surface area contributed by atoms with Gasteiger partial charge in [-0.3, -0.25) is 4.79 Å². The number of ether oxygens (including phenoxy) is 1. The molecule has 0 aromatic heterocycles. The number of carbonyl (C=O) groups is 2. The highest BCUT2D eigenvalue weighted by atomic mass is 32.2. The molecule has 0 spiro atoms. The lowest BCUT2D eigenvalue weighted by Crippen LogP contribution is -2.19. The smallest absolute Gasteiger partial charge is 0.335 e. The molecule has 2 N–H and O–H groups in total. The highest BCUT2D eigenvalue weighted by molar-refractivity contribution is 8.18. The fourth-order valence-electron chi connectivity index (χ4n) is 2.82. The van der Waals surface area contributed by atoms with Crippen LogP contribution in [0.25, 0.3) is 6.08 Å². The summed E-state index contributed by atoms with van der Waals surface area (Å²) in [5.74, 6) is -0.450. The molecular weight excluding hydrogens is 412 g/mol. The third kappa shape index (κ3) is 5.40. The molecule has 0 unspecified atom stereocenters. The van der Waals surface area contributed by atoms with Crippen LogP contribution in [0, 0.1) is 0 Å². The van der Waals surface area contributed by atoms with E-state index in [0.29, 0.717) is 22.4 Å². The summed E-state index contributed by atoms with van der Waals surface area (Å²) in [7, 11) is 0. The van der Waals surface area contributed by atoms with Gasteiger partial charge in [0.1, 0.15) is 12.4 Å². The van der Waals surface area contributed by atoms with Crippen LogP contribution in [0.1, 0.15) is 21.5 Å². The van der Waals surface area contributed by atoms with Crippen molar-refractivity contribution < 1.29 is 19.4 Å². The molecule has 1 fully saturated rings. The van der Waals surface area contributed by atoms with Gasteiger partial charge in [-0.2, -0.15) is 0 Å². The van der Waals surface area contributed by atoms with Crippen molar-refractivity contribution in [3.05, 3.63) is 100 Å². The van der Waals surface area contributed by atoms with Gasteiger partial charge in [0.25, 0.3) is 5.91 Å². The minimum absolute atomic E-state index is 0.176. The molecule has 1 amide bonds. The Hall–Kier alpha value is -3.84. The quantitative estimate of drug-likeness (QED) is 0.546. The third-order valence-corrected chi connectivity index (χ3v) is 5.33. The van der Waals surface area contributed by atoms with Crippen molar-refractivity contribution in [2.75, 3.05) is 0 Å². The number of rotatable bonds is 6. The summed E-state index contributed by atoms with van der Waals surface area (Å²) < 4.78 is 5.75. The van der Waals surface area contributed by atoms with Crippen LogP contribution in [0.3, 0.4) is 0 Å². The number of thioether (sulfide) groups is 1. The van der Waals surface area contributed by atoms with E-state index in [1.807, 2.05) is 60.7 Å². The standard InChI is InChI=1S/C24H18N2O4S/c27-22-21(31-24(26-22)25-19-4-2-1-3-5-19)14-16-8-12-20(13-9-16)30-15-17-6-10-18(11-7-17)23(28)29/h1-14H,15H2,(H,28,29)(H,25,26,27)/b21-14-. The predicted molar refractivity (Wildman–Crippen MR) is 121 cm³/mol. The number of hydrogen-bond donors (Lipinski definition) is 2. The number of nitrogens with zero attached hydrogens (tertiary/aromatic N) is 1. The number of amidine groups is 1. The summed E-state index contributed by atoms with van der Waals surface area (Å²) >= 11 is 1.30. The molecule has 3 aromatic rings. The van der Waals surface area contributed by atoms with E-state index in [9.17, 15) is 9.59 Å². The maximum absolute atomic E-state index is 12.2. The molecule has 0 aliphatic carbocycles. The molecule has 1 aliphatic rings. The Labute approximate surface area is 183 Å². The predicted octanol–water partition coefficient (Wildman–Crippen LogP) is 4.86. The van der Waals surface area contributed by atoms with Gasteiger partial charge in [0.15, 0.2) is 5.17 Å². The fourth-order valence-corrected chi connectivity index (χ4v) is 3.66. The van der Waals surface area contributed by atoms with Gasteiger partial charge in [0.05, 0.1) is 16.2 Å². The Bertz CT molecular complexity index is 1150. The second-order valence-corrected chi connectivity index (χ2v) is 7.71. The summed E-state index contributed by atoms with van der Waals surface area (Å²) in [6.45, 7) is 0.331. The lowest BCUT2D eigenvalue weighted by atomic mass is 10.1. The summed E-state index contributed by atoms with van der Waals surface area (Å²) in [4.78, 5) is 28.1. The molecule has 1 heterocycles. The van der Waals surface area contributed by atoms with Gasteiger partial charge in [0, 0.05) is 0 Å². The maximum Gasteiger partial charge on any atom is 0.335 e. The minimum atomic E-state index is -0.954. The molecule has 6 nitrogen and oxygen atoms in total. The normalized spacial score (nSPS) is 15.8. The van der Waals surface area contributed by atoms with E-state index in [4.69, 9.17) is 9.84 Å². The average molecular weight is 430 g/mol. The Morgan fingerprint density at radius 3 is 2.39 bits per heavy atom. The molecule has 0 bridgehead atoms. The molecule has 1 aliphatic heterocycles. The second kappa shape index (κ2) is 9.32. The van der Waals surface area contributed by atoms with Crippen molar-refractivity contribution in [3.63, 3.8) is 0 Å². The Morgan fingerprint density at radius 1 is 1.00 bits per heavy atom. The summed E-state index contributed by atoms with van der Waals surface area (Å²) in [5.41, 5.74) is 2.77. The van der Waals surface area contributed by atoms with Crippen LogP contribution in [0.4, 0.5) is 5.69 Å². The van der Waals surface area contributed by atoms with Crippen molar-refractivity contribution in [3.8, 4) is 5.75 Å². The van der Waals surface area contributed by atoms with E-state index < -0.39 is 5.97 Å². The molecule has 31 heavy (non-hydrogen) atoms. The monoisotopic (exact) mass is 430 g/mol. The zero-order valence-electron chi connectivity index (χ0n) is 16.3. The number of para-hydroxylation sites is 1. The average Bonchev–Trinajstić information content (AvgIpc) is 3.12. The zero-order valence-corrected chi connectivity index (χ0v) is 17.1. The van der Waals surface area contributed by atoms with Crippen LogP contribution in [-0.4, -0.2) is 22.2 Å². The highest BCUT2D eigenvalue weighted by Crippen LogP contribution is 2.28. The number of nitrogens with one attached hydrogen (secondary N) is 1. The van der Waals surface area contributed by atoms with E-state index in [0.717, 1.165) is 16.8 Å². The van der Waals surface area contributed by atoms with Crippen LogP contribution in [0.5, 0.6) is 5.75 Å². The first-order chi connectivity index (χ1) is 15.1. The molecule has 4 rings (SSSR count). The number of aromatic carboxylic acids is 1. The van der Waals surface area contributed by atoms with Crippen molar-refractivity contribution in [1.82, 2.24) is 5.32 Å². The summed E-state index contributed by atoms with van der Waals surface area (Å²) in [6, 6.07) is 23.4. The largest absolute Gasteiger partial charge is 0.489 e. The second-order valence-electron chi connectivity index (χ2n) is 6.68. The number of carboxylic acid groups (broad SMARTS) is 1. The SMILES string of the molecule is O=C1NC(=Nc2ccccc2)S/C1=C\c1ccc(OCc2ccc(C(=O)O)cc2)cc1. The number of benzene rings is 3. The minimum Gasteiger partial charge on any atom is -0.489 e. The van der Waals surface area contributed by atoms with E-state index in [-0.39, 0.29) is 11.5 Å². The lowest BCUT2D eigenvalue weighted by Gasteiger charge is -2.07. The zero-order chi connectivity index (χ0) is 21.6. The topological polar surface area (TPSA) is 88.0 Å². The van der Waals surface area contributed by atoms with Crippen molar-refractivity contribution in [1.29, 1.82) is 0 Å². The molecule has 0 saturated carbocycles. The van der Waals surface area contributed by atoms with Crippen LogP contribution in [0.15, 0.2) is 88.8 Å². The Kier molecular flexibility index (Phi) is 6.14. The van der Waals surface area contributed by atoms with Gasteiger partial charge in [-0.1, -0.05) is 42.5 Å². The Morgan fingerprint density at radius 2 is 1.71 bits per heavy atom. The van der Waals surface area contributed by atoms with E-state index in [1.54, 1.807) is 24.3 Å². The molecule has 0 atom stereocenters. The lowest BCUT2D eigenvalue weighted by molar-refractivity contribution is -0.115. The van der Waals surface area contributed by atoms with Gasteiger partial charge in [0.2, 0.25) is 0 Å². The van der Waals surface area contributed by atoms with E-state index in [2.05, 4.69) is 10.3 Å². The molecule has 0 radical (unpaired) electrons. The number of carbonyl (C=O) groups excluding carboxylic acids is 1. The molecule has 7 heteroatoms. The van der Waals surface area contributed by atoms with E-state index in [1.165, 1.54) is 11.8 Å². The van der Waals surface area contributed by atoms with Gasteiger partial charge in [-0.15, -0.1) is 0 Å². The van der Waals surface area contributed by atoms with Crippen LogP contribution in [-0.2, 0) is 11.4 Å². The van der Waals surface area contributed by atoms with Gasteiger partial charge in [-0.25, -0.2) is 9.79 Å². The number of aliphatic imine (C=N–C) groups is 1. The highest BCUT2D eigenvalue weighted by Gasteiger charge is 2.23. The van der Waals surface area contributed by atoms with Crippen LogP contribution >= 0.6 is 11.8 Å². The molecule has 154 valence electrons. The first-order valence-corrected chi connectivity index (χ1v) is 10.3. The first kappa shape index (κ1) is 20.4. The van der Waals surface area contributed by atoms with Crippen molar-refractivity contribution in [2.45, 2.75) is 6.61 Å². The van der Waals surface area contributed by atoms with Crippen LogP contribution < -0.4 is 10.1 Å². The molecule has 1 saturated heterocycles. The fraction of sp³-hybridized carbons (Fsp3) is 0.0417. The summed E-state index contributed by atoms with van der Waals surface area (Å²) in [5, 5.41) is 12.3. The van der Waals surface area contributed by atoms with Gasteiger partial charge >= 0.3 is 5.97 Å². The first-order valence-electron chi connectivity index (χ1n) is 9.46. The number of carboxylic acids is 1. The van der Waals surface area contributed by atoms with Crippen molar-refractivity contribution in [2.24, 2.45) is 4.99 Å². The van der Waals surface area contributed by atoms with Crippen molar-refractivity contribution >= 4 is 40.6 Å². The van der Waals surface area contributed by atoms with Gasteiger partial charge < -0.3 is 15.2 Å². The van der Waals surface area contributed by atoms with Crippen LogP contribution in [0.2, 0.25) is 0 Å². The number of amides is 1.